The molecule has 0 unspecified atom stereocenters. The zero-order valence-electron chi connectivity index (χ0n) is 17.9. The molecule has 0 aromatic rings. The summed E-state index contributed by atoms with van der Waals surface area (Å²) >= 11 is 0. The Morgan fingerprint density at radius 3 is 1.85 bits per heavy atom. The molecule has 1 nitrogen and oxygen atoms in total. The molecule has 0 heterocycles. The average molecular weight is 360 g/mol. The minimum Gasteiger partial charge on any atom is -0.198 e. The molecule has 2 aliphatic carbocycles. The van der Waals surface area contributed by atoms with Crippen molar-refractivity contribution in [1.82, 2.24) is 0 Å². The third-order valence-electron chi connectivity index (χ3n) is 7.71. The van der Waals surface area contributed by atoms with Gasteiger partial charge in [-0.05, 0) is 56.3 Å². The molecule has 0 radical (unpaired) electrons. The fourth-order valence-electron chi connectivity index (χ4n) is 5.67. The molecule has 0 aliphatic heterocycles. The molecule has 26 heavy (non-hydrogen) atoms. The minimum atomic E-state index is 0.0407. The van der Waals surface area contributed by atoms with E-state index in [1.807, 2.05) is 0 Å². The van der Waals surface area contributed by atoms with Crippen molar-refractivity contribution >= 4 is 0 Å². The zero-order valence-corrected chi connectivity index (χ0v) is 17.9. The van der Waals surface area contributed by atoms with Gasteiger partial charge >= 0.3 is 0 Å². The molecule has 0 N–H and O–H groups in total. The van der Waals surface area contributed by atoms with Crippen LogP contribution in [0.4, 0.5) is 0 Å². The quantitative estimate of drug-likeness (QED) is 0.339. The van der Waals surface area contributed by atoms with Gasteiger partial charge in [-0.3, -0.25) is 0 Å². The Hall–Kier alpha value is -0.510. The fraction of sp³-hybridized carbons (Fsp3) is 0.960. The molecule has 0 saturated heterocycles. The lowest BCUT2D eigenvalue weighted by molar-refractivity contribution is 0.163. The number of nitriles is 1. The lowest BCUT2D eigenvalue weighted by atomic mass is 9.66. The second kappa shape index (κ2) is 12.0. The number of rotatable bonds is 11. The summed E-state index contributed by atoms with van der Waals surface area (Å²) in [6.07, 6.45) is 24.6. The summed E-state index contributed by atoms with van der Waals surface area (Å²) in [5, 5.41) is 9.89. The zero-order chi connectivity index (χ0) is 18.7. The van der Waals surface area contributed by atoms with E-state index in [0.717, 1.165) is 17.8 Å². The maximum Gasteiger partial charge on any atom is 0.0689 e. The van der Waals surface area contributed by atoms with E-state index in [4.69, 9.17) is 0 Å². The van der Waals surface area contributed by atoms with Crippen LogP contribution in [0.5, 0.6) is 0 Å². The highest BCUT2D eigenvalue weighted by Gasteiger charge is 2.35. The van der Waals surface area contributed by atoms with Gasteiger partial charge in [-0.25, -0.2) is 0 Å². The van der Waals surface area contributed by atoms with Crippen molar-refractivity contribution in [2.45, 2.75) is 129 Å². The fourth-order valence-corrected chi connectivity index (χ4v) is 5.67. The molecule has 0 spiro atoms. The molecule has 2 saturated carbocycles. The summed E-state index contributed by atoms with van der Waals surface area (Å²) in [7, 11) is 0. The van der Waals surface area contributed by atoms with Gasteiger partial charge in [0, 0.05) is 0 Å². The van der Waals surface area contributed by atoms with E-state index in [1.165, 1.54) is 116 Å². The van der Waals surface area contributed by atoms with Crippen LogP contribution in [-0.2, 0) is 0 Å². The summed E-state index contributed by atoms with van der Waals surface area (Å²) in [6.45, 7) is 4.61. The monoisotopic (exact) mass is 359 g/mol. The van der Waals surface area contributed by atoms with E-state index in [0.29, 0.717) is 0 Å². The van der Waals surface area contributed by atoms with Gasteiger partial charge in [-0.1, -0.05) is 90.9 Å². The second-order valence-corrected chi connectivity index (χ2v) is 9.75. The molecule has 0 aromatic carbocycles. The minimum absolute atomic E-state index is 0.0407. The van der Waals surface area contributed by atoms with Crippen molar-refractivity contribution in [3.8, 4) is 6.07 Å². The molecule has 2 aliphatic rings. The first-order valence-corrected chi connectivity index (χ1v) is 12.1. The molecule has 2 rings (SSSR count). The number of hydrogen-bond donors (Lipinski definition) is 0. The number of unbranched alkanes of at least 4 members (excludes halogenated alkanes) is 4. The Kier molecular flexibility index (Phi) is 10.1. The van der Waals surface area contributed by atoms with Gasteiger partial charge in [0.25, 0.3) is 0 Å². The highest BCUT2D eigenvalue weighted by molar-refractivity contribution is 5.01. The van der Waals surface area contributed by atoms with Crippen molar-refractivity contribution in [3.05, 3.63) is 0 Å². The normalized spacial score (nSPS) is 32.3. The number of nitrogens with zero attached hydrogens (tertiary/aromatic N) is 1. The first-order valence-electron chi connectivity index (χ1n) is 12.1. The molecule has 150 valence electrons. The first kappa shape index (κ1) is 21.8. The van der Waals surface area contributed by atoms with Gasteiger partial charge in [-0.15, -0.1) is 0 Å². The van der Waals surface area contributed by atoms with Crippen LogP contribution in [0.15, 0.2) is 0 Å². The first-order chi connectivity index (χ1) is 12.7. The molecular weight excluding hydrogens is 314 g/mol. The maximum atomic E-state index is 9.89. The lowest BCUT2D eigenvalue weighted by Crippen LogP contribution is -2.27. The standard InChI is InChI=1S/C25H45N/c1-3-5-6-7-8-10-23-15-18-25(21-26,19-16-23)20-17-24-13-11-22(9-4-2)12-14-24/h22-24H,3-20H2,1-2H3. The molecule has 0 amide bonds. The van der Waals surface area contributed by atoms with E-state index < -0.39 is 0 Å². The van der Waals surface area contributed by atoms with Gasteiger partial charge in [0.2, 0.25) is 0 Å². The molecule has 1 heteroatoms. The Balaban J connectivity index is 1.63. The molecule has 2 fully saturated rings. The second-order valence-electron chi connectivity index (χ2n) is 9.75. The van der Waals surface area contributed by atoms with E-state index in [2.05, 4.69) is 19.9 Å². The third-order valence-corrected chi connectivity index (χ3v) is 7.71. The van der Waals surface area contributed by atoms with Crippen LogP contribution in [0.1, 0.15) is 129 Å². The van der Waals surface area contributed by atoms with Gasteiger partial charge in [-0.2, -0.15) is 5.26 Å². The summed E-state index contributed by atoms with van der Waals surface area (Å²) in [5.74, 6) is 2.85. The van der Waals surface area contributed by atoms with Gasteiger partial charge in [0.1, 0.15) is 0 Å². The SMILES string of the molecule is CCCCCCCC1CCC(C#N)(CCC2CCC(CCC)CC2)CC1. The van der Waals surface area contributed by atoms with Gasteiger partial charge in [0.05, 0.1) is 11.5 Å². The average Bonchev–Trinajstić information content (AvgIpc) is 2.69. The van der Waals surface area contributed by atoms with Crippen molar-refractivity contribution in [1.29, 1.82) is 5.26 Å². The van der Waals surface area contributed by atoms with Crippen LogP contribution >= 0.6 is 0 Å². The predicted octanol–water partition coefficient (Wildman–Crippen LogP) is 8.43. The Bertz CT molecular complexity index is 391. The van der Waals surface area contributed by atoms with E-state index in [-0.39, 0.29) is 5.41 Å². The topological polar surface area (TPSA) is 23.8 Å². The molecular formula is C25H45N. The van der Waals surface area contributed by atoms with Crippen molar-refractivity contribution in [2.24, 2.45) is 23.2 Å². The maximum absolute atomic E-state index is 9.89. The largest absolute Gasteiger partial charge is 0.198 e. The lowest BCUT2D eigenvalue weighted by Gasteiger charge is -2.37. The smallest absolute Gasteiger partial charge is 0.0689 e. The Morgan fingerprint density at radius 1 is 0.692 bits per heavy atom. The van der Waals surface area contributed by atoms with Crippen LogP contribution in [0.25, 0.3) is 0 Å². The summed E-state index contributed by atoms with van der Waals surface area (Å²) < 4.78 is 0. The van der Waals surface area contributed by atoms with Crippen LogP contribution in [-0.4, -0.2) is 0 Å². The summed E-state index contributed by atoms with van der Waals surface area (Å²) in [4.78, 5) is 0. The van der Waals surface area contributed by atoms with Crippen molar-refractivity contribution in [2.75, 3.05) is 0 Å². The highest BCUT2D eigenvalue weighted by Crippen LogP contribution is 2.45. The van der Waals surface area contributed by atoms with E-state index >= 15 is 0 Å². The third kappa shape index (κ3) is 7.25. The van der Waals surface area contributed by atoms with Crippen LogP contribution < -0.4 is 0 Å². The Labute approximate surface area is 164 Å². The summed E-state index contributed by atoms with van der Waals surface area (Å²) in [6, 6.07) is 2.79. The number of hydrogen-bond acceptors (Lipinski definition) is 1. The van der Waals surface area contributed by atoms with Crippen LogP contribution in [0.2, 0.25) is 0 Å². The van der Waals surface area contributed by atoms with Gasteiger partial charge < -0.3 is 0 Å². The van der Waals surface area contributed by atoms with Crippen LogP contribution in [0.3, 0.4) is 0 Å². The summed E-state index contributed by atoms with van der Waals surface area (Å²) in [5.41, 5.74) is 0.0407. The van der Waals surface area contributed by atoms with E-state index in [9.17, 15) is 5.26 Å². The Morgan fingerprint density at radius 2 is 1.27 bits per heavy atom. The molecule has 0 atom stereocenters. The van der Waals surface area contributed by atoms with Gasteiger partial charge in [0.15, 0.2) is 0 Å². The molecule has 0 bridgehead atoms. The van der Waals surface area contributed by atoms with E-state index in [1.54, 1.807) is 0 Å². The molecule has 0 aromatic heterocycles. The van der Waals surface area contributed by atoms with Crippen molar-refractivity contribution < 1.29 is 0 Å². The van der Waals surface area contributed by atoms with Crippen molar-refractivity contribution in [3.63, 3.8) is 0 Å². The highest BCUT2D eigenvalue weighted by atomic mass is 14.4. The predicted molar refractivity (Wildman–Crippen MR) is 113 cm³/mol. The van der Waals surface area contributed by atoms with Crippen LogP contribution in [0, 0.1) is 34.5 Å².